The molecule has 0 bridgehead atoms. The fourth-order valence-corrected chi connectivity index (χ4v) is 3.32. The number of rotatable bonds is 7. The smallest absolute Gasteiger partial charge is 0.241 e. The van der Waals surface area contributed by atoms with Gasteiger partial charge < -0.3 is 15.4 Å². The molecule has 2 aromatic carbocycles. The molecule has 2 N–H and O–H groups in total. The quantitative estimate of drug-likeness (QED) is 0.604. The van der Waals surface area contributed by atoms with Crippen molar-refractivity contribution < 1.29 is 14.3 Å². The van der Waals surface area contributed by atoms with Crippen molar-refractivity contribution in [2.45, 2.75) is 26.8 Å². The van der Waals surface area contributed by atoms with Crippen LogP contribution >= 0.6 is 27.5 Å². The maximum atomic E-state index is 12.7. The molecule has 6 nitrogen and oxygen atoms in total. The fourth-order valence-electron chi connectivity index (χ4n) is 2.69. The average Bonchev–Trinajstić information content (AvgIpc) is 2.65. The van der Waals surface area contributed by atoms with Crippen molar-refractivity contribution in [3.63, 3.8) is 0 Å². The molecule has 0 fully saturated rings. The summed E-state index contributed by atoms with van der Waals surface area (Å²) in [6, 6.07) is 8.51. The summed E-state index contributed by atoms with van der Waals surface area (Å²) in [4.78, 5) is 26.7. The molecule has 2 aromatic rings. The Bertz CT molecular complexity index is 920. The molecule has 0 heterocycles. The van der Waals surface area contributed by atoms with Crippen LogP contribution in [-0.4, -0.2) is 43.5 Å². The van der Waals surface area contributed by atoms with E-state index in [2.05, 4.69) is 26.6 Å². The standard InChI is InChI=1S/C21H25BrClN3O3/c1-12-9-18(19(29-5)10-16(12)23)25-21(28)14(3)26(4)11-20(27)24-17-7-6-15(22)8-13(17)2/h6-10,14H,11H2,1-5H3,(H,24,27)(H,25,28). The van der Waals surface area contributed by atoms with E-state index in [0.29, 0.717) is 16.5 Å². The molecule has 2 rings (SSSR count). The van der Waals surface area contributed by atoms with E-state index in [4.69, 9.17) is 16.3 Å². The van der Waals surface area contributed by atoms with Gasteiger partial charge in [0, 0.05) is 21.2 Å². The number of methoxy groups -OCH3 is 1. The summed E-state index contributed by atoms with van der Waals surface area (Å²) in [6.07, 6.45) is 0. The number of amides is 2. The van der Waals surface area contributed by atoms with Gasteiger partial charge in [-0.05, 0) is 63.2 Å². The Kier molecular flexibility index (Phi) is 8.07. The number of aryl methyl sites for hydroxylation is 2. The van der Waals surface area contributed by atoms with Crippen molar-refractivity contribution in [2.24, 2.45) is 0 Å². The van der Waals surface area contributed by atoms with Crippen molar-refractivity contribution in [1.82, 2.24) is 4.90 Å². The van der Waals surface area contributed by atoms with Gasteiger partial charge >= 0.3 is 0 Å². The van der Waals surface area contributed by atoms with E-state index in [9.17, 15) is 9.59 Å². The van der Waals surface area contributed by atoms with E-state index in [1.807, 2.05) is 32.0 Å². The van der Waals surface area contributed by atoms with E-state index in [0.717, 1.165) is 21.3 Å². The lowest BCUT2D eigenvalue weighted by atomic mass is 10.2. The van der Waals surface area contributed by atoms with Gasteiger partial charge in [-0.25, -0.2) is 0 Å². The normalized spacial score (nSPS) is 11.9. The Labute approximate surface area is 184 Å². The molecule has 0 saturated carbocycles. The molecule has 0 aliphatic carbocycles. The number of anilines is 2. The number of likely N-dealkylation sites (N-methyl/N-ethyl adjacent to an activating group) is 1. The lowest BCUT2D eigenvalue weighted by Crippen LogP contribution is -2.43. The predicted molar refractivity (Wildman–Crippen MR) is 121 cm³/mol. The summed E-state index contributed by atoms with van der Waals surface area (Å²) in [6.45, 7) is 5.58. The van der Waals surface area contributed by atoms with Gasteiger partial charge in [-0.3, -0.25) is 14.5 Å². The van der Waals surface area contributed by atoms with Crippen LogP contribution in [0, 0.1) is 13.8 Å². The highest BCUT2D eigenvalue weighted by Gasteiger charge is 2.22. The highest BCUT2D eigenvalue weighted by Crippen LogP contribution is 2.31. The van der Waals surface area contributed by atoms with Crippen LogP contribution in [0.2, 0.25) is 5.02 Å². The number of halogens is 2. The van der Waals surface area contributed by atoms with Crippen LogP contribution in [0.3, 0.4) is 0 Å². The minimum absolute atomic E-state index is 0.0703. The minimum atomic E-state index is -0.535. The van der Waals surface area contributed by atoms with Crippen molar-refractivity contribution >= 4 is 50.7 Å². The van der Waals surface area contributed by atoms with Crippen LogP contribution in [0.15, 0.2) is 34.8 Å². The van der Waals surface area contributed by atoms with E-state index in [1.54, 1.807) is 31.0 Å². The van der Waals surface area contributed by atoms with Gasteiger partial charge in [-0.15, -0.1) is 0 Å². The van der Waals surface area contributed by atoms with Crippen LogP contribution in [0.4, 0.5) is 11.4 Å². The van der Waals surface area contributed by atoms with Crippen LogP contribution in [-0.2, 0) is 9.59 Å². The monoisotopic (exact) mass is 481 g/mol. The van der Waals surface area contributed by atoms with Crippen LogP contribution in [0.1, 0.15) is 18.1 Å². The molecule has 1 unspecified atom stereocenters. The number of nitrogens with one attached hydrogen (secondary N) is 2. The molecule has 156 valence electrons. The zero-order valence-corrected chi connectivity index (χ0v) is 19.4. The third-order valence-electron chi connectivity index (χ3n) is 4.63. The molecule has 29 heavy (non-hydrogen) atoms. The van der Waals surface area contributed by atoms with E-state index in [-0.39, 0.29) is 18.4 Å². The second-order valence-electron chi connectivity index (χ2n) is 6.89. The summed E-state index contributed by atoms with van der Waals surface area (Å²) in [5, 5.41) is 6.28. The summed E-state index contributed by atoms with van der Waals surface area (Å²) in [7, 11) is 3.24. The van der Waals surface area contributed by atoms with E-state index in [1.165, 1.54) is 7.11 Å². The summed E-state index contributed by atoms with van der Waals surface area (Å²) in [5.41, 5.74) is 3.05. The average molecular weight is 483 g/mol. The summed E-state index contributed by atoms with van der Waals surface area (Å²) < 4.78 is 6.24. The predicted octanol–water partition coefficient (Wildman–Crippen LogP) is 4.63. The first-order chi connectivity index (χ1) is 13.6. The number of nitrogens with zero attached hydrogens (tertiary/aromatic N) is 1. The van der Waals surface area contributed by atoms with Crippen molar-refractivity contribution in [2.75, 3.05) is 31.3 Å². The number of carbonyl (C=O) groups is 2. The van der Waals surface area contributed by atoms with Gasteiger partial charge in [-0.2, -0.15) is 0 Å². The fraction of sp³-hybridized carbons (Fsp3) is 0.333. The third kappa shape index (κ3) is 6.19. The Morgan fingerprint density at radius 2 is 1.83 bits per heavy atom. The van der Waals surface area contributed by atoms with Gasteiger partial charge in [-0.1, -0.05) is 27.5 Å². The summed E-state index contributed by atoms with van der Waals surface area (Å²) >= 11 is 9.51. The maximum absolute atomic E-state index is 12.7. The lowest BCUT2D eigenvalue weighted by Gasteiger charge is -2.24. The number of ether oxygens (including phenoxy) is 1. The minimum Gasteiger partial charge on any atom is -0.495 e. The maximum Gasteiger partial charge on any atom is 0.241 e. The molecule has 0 spiro atoms. The lowest BCUT2D eigenvalue weighted by molar-refractivity contribution is -0.122. The molecule has 2 amide bonds. The van der Waals surface area contributed by atoms with Crippen LogP contribution in [0.25, 0.3) is 0 Å². The molecule has 0 aliphatic heterocycles. The third-order valence-corrected chi connectivity index (χ3v) is 5.54. The van der Waals surface area contributed by atoms with Crippen molar-refractivity contribution in [1.29, 1.82) is 0 Å². The molecule has 8 heteroatoms. The molecular formula is C21H25BrClN3O3. The van der Waals surface area contributed by atoms with Gasteiger partial charge in [0.25, 0.3) is 0 Å². The zero-order chi connectivity index (χ0) is 21.7. The first-order valence-corrected chi connectivity index (χ1v) is 10.2. The number of benzene rings is 2. The van der Waals surface area contributed by atoms with Crippen LogP contribution in [0.5, 0.6) is 5.75 Å². The number of carbonyl (C=O) groups excluding carboxylic acids is 2. The van der Waals surface area contributed by atoms with E-state index < -0.39 is 6.04 Å². The van der Waals surface area contributed by atoms with E-state index >= 15 is 0 Å². The molecule has 0 aliphatic rings. The van der Waals surface area contributed by atoms with Crippen molar-refractivity contribution in [3.8, 4) is 5.75 Å². The van der Waals surface area contributed by atoms with Crippen molar-refractivity contribution in [3.05, 3.63) is 51.0 Å². The highest BCUT2D eigenvalue weighted by atomic mass is 79.9. The summed E-state index contributed by atoms with van der Waals surface area (Å²) in [5.74, 6) is 0.0323. The molecule has 1 atom stereocenters. The second kappa shape index (κ2) is 10.1. The number of hydrogen-bond acceptors (Lipinski definition) is 4. The molecule has 0 saturated heterocycles. The Morgan fingerprint density at radius 1 is 1.14 bits per heavy atom. The Hall–Kier alpha value is -2.09. The van der Waals surface area contributed by atoms with Gasteiger partial charge in [0.1, 0.15) is 5.75 Å². The Balaban J connectivity index is 2.00. The van der Waals surface area contributed by atoms with Gasteiger partial charge in [0.15, 0.2) is 0 Å². The topological polar surface area (TPSA) is 70.7 Å². The van der Waals surface area contributed by atoms with Gasteiger partial charge in [0.2, 0.25) is 11.8 Å². The second-order valence-corrected chi connectivity index (χ2v) is 8.21. The largest absolute Gasteiger partial charge is 0.495 e. The Morgan fingerprint density at radius 3 is 2.45 bits per heavy atom. The number of hydrogen-bond donors (Lipinski definition) is 2. The highest BCUT2D eigenvalue weighted by molar-refractivity contribution is 9.10. The van der Waals surface area contributed by atoms with Gasteiger partial charge in [0.05, 0.1) is 25.4 Å². The van der Waals surface area contributed by atoms with Crippen LogP contribution < -0.4 is 15.4 Å². The first-order valence-electron chi connectivity index (χ1n) is 9.03. The first kappa shape index (κ1) is 23.2. The SMILES string of the molecule is COc1cc(Cl)c(C)cc1NC(=O)C(C)N(C)CC(=O)Nc1ccc(Br)cc1C. The zero-order valence-electron chi connectivity index (χ0n) is 17.1. The molecule has 0 aromatic heterocycles. The molecular weight excluding hydrogens is 458 g/mol. The molecule has 0 radical (unpaired) electrons.